The quantitative estimate of drug-likeness (QED) is 0.790. The Morgan fingerprint density at radius 1 is 1.13 bits per heavy atom. The van der Waals surface area contributed by atoms with Crippen LogP contribution < -0.4 is 15.5 Å². The van der Waals surface area contributed by atoms with E-state index in [4.69, 9.17) is 4.74 Å². The Balaban J connectivity index is 1.47. The van der Waals surface area contributed by atoms with E-state index in [2.05, 4.69) is 45.7 Å². The minimum Gasteiger partial charge on any atom is -0.379 e. The van der Waals surface area contributed by atoms with Crippen LogP contribution in [-0.2, 0) is 11.2 Å². The molecule has 160 valence electrons. The van der Waals surface area contributed by atoms with Crippen molar-refractivity contribution in [3.05, 3.63) is 59.4 Å². The monoisotopic (exact) mass is 412 g/mol. The van der Waals surface area contributed by atoms with Crippen molar-refractivity contribution in [1.29, 1.82) is 0 Å². The number of nitrogens with one attached hydrogen (secondary N) is 2. The lowest BCUT2D eigenvalue weighted by atomic mass is 9.95. The maximum absolute atomic E-state index is 13.1. The zero-order valence-corrected chi connectivity index (χ0v) is 17.4. The van der Waals surface area contributed by atoms with Crippen molar-refractivity contribution in [3.63, 3.8) is 0 Å². The fourth-order valence-corrected chi connectivity index (χ4v) is 4.26. The number of rotatable bonds is 5. The Morgan fingerprint density at radius 2 is 1.90 bits per heavy atom. The molecule has 0 radical (unpaired) electrons. The van der Waals surface area contributed by atoms with Crippen molar-refractivity contribution in [2.75, 3.05) is 56.7 Å². The maximum Gasteiger partial charge on any atom is 0.319 e. The first kappa shape index (κ1) is 20.6. The van der Waals surface area contributed by atoms with Crippen LogP contribution in [0.2, 0.25) is 0 Å². The molecule has 0 aromatic heterocycles. The molecule has 2 heterocycles. The van der Waals surface area contributed by atoms with E-state index in [1.807, 2.05) is 0 Å². The van der Waals surface area contributed by atoms with Crippen LogP contribution >= 0.6 is 0 Å². The molecule has 2 aliphatic heterocycles. The smallest absolute Gasteiger partial charge is 0.319 e. The number of morpholine rings is 1. The van der Waals surface area contributed by atoms with Crippen LogP contribution in [0, 0.1) is 5.82 Å². The molecule has 0 aliphatic carbocycles. The van der Waals surface area contributed by atoms with Crippen molar-refractivity contribution in [2.45, 2.75) is 18.9 Å². The Kier molecular flexibility index (Phi) is 6.50. The molecular formula is C23H29FN4O2. The lowest BCUT2D eigenvalue weighted by Crippen LogP contribution is -2.44. The second-order valence-corrected chi connectivity index (χ2v) is 7.92. The van der Waals surface area contributed by atoms with Crippen LogP contribution in [0.25, 0.3) is 0 Å². The third-order valence-corrected chi connectivity index (χ3v) is 5.88. The standard InChI is InChI=1S/C23H29FN4O2/c1-27-10-2-3-17-15-18(4-9-21(17)27)22(28-11-13-30-14-12-28)16-25-23(29)26-20-7-5-19(24)6-8-20/h4-9,15,22H,2-3,10-14,16H2,1H3,(H2,25,26,29)/t22-/m0/s1. The van der Waals surface area contributed by atoms with Crippen LogP contribution in [0.15, 0.2) is 42.5 Å². The molecule has 0 bridgehead atoms. The van der Waals surface area contributed by atoms with Crippen molar-refractivity contribution < 1.29 is 13.9 Å². The second kappa shape index (κ2) is 9.45. The van der Waals surface area contributed by atoms with E-state index < -0.39 is 0 Å². The van der Waals surface area contributed by atoms with E-state index in [0.29, 0.717) is 25.4 Å². The summed E-state index contributed by atoms with van der Waals surface area (Å²) in [5.74, 6) is -0.327. The number of carbonyl (C=O) groups is 1. The number of benzene rings is 2. The van der Waals surface area contributed by atoms with Gasteiger partial charge in [-0.3, -0.25) is 4.90 Å². The van der Waals surface area contributed by atoms with Crippen molar-refractivity contribution in [3.8, 4) is 0 Å². The van der Waals surface area contributed by atoms with Crippen LogP contribution in [0.5, 0.6) is 0 Å². The fourth-order valence-electron chi connectivity index (χ4n) is 4.26. The number of amides is 2. The molecule has 2 amide bonds. The van der Waals surface area contributed by atoms with Gasteiger partial charge in [-0.2, -0.15) is 0 Å². The van der Waals surface area contributed by atoms with Gasteiger partial charge in [0, 0.05) is 44.6 Å². The van der Waals surface area contributed by atoms with Gasteiger partial charge in [-0.1, -0.05) is 12.1 Å². The molecule has 1 fully saturated rings. The van der Waals surface area contributed by atoms with E-state index >= 15 is 0 Å². The van der Waals surface area contributed by atoms with Crippen LogP contribution in [0.1, 0.15) is 23.6 Å². The van der Waals surface area contributed by atoms with E-state index in [1.165, 1.54) is 28.9 Å². The van der Waals surface area contributed by atoms with E-state index in [9.17, 15) is 9.18 Å². The lowest BCUT2D eigenvalue weighted by molar-refractivity contribution is 0.0167. The summed E-state index contributed by atoms with van der Waals surface area (Å²) in [6.45, 7) is 4.65. The summed E-state index contributed by atoms with van der Waals surface area (Å²) in [6, 6.07) is 12.2. The lowest BCUT2D eigenvalue weighted by Gasteiger charge is -2.36. The molecule has 0 saturated carbocycles. The molecule has 2 aromatic carbocycles. The minimum absolute atomic E-state index is 0.0744. The molecule has 6 nitrogen and oxygen atoms in total. The molecule has 2 aliphatic rings. The topological polar surface area (TPSA) is 56.8 Å². The SMILES string of the molecule is CN1CCCc2cc([C@H](CNC(=O)Nc3ccc(F)cc3)N3CCOCC3)ccc21. The zero-order chi connectivity index (χ0) is 20.9. The summed E-state index contributed by atoms with van der Waals surface area (Å²) in [6.07, 6.45) is 2.25. The van der Waals surface area contributed by atoms with Gasteiger partial charge < -0.3 is 20.3 Å². The highest BCUT2D eigenvalue weighted by Crippen LogP contribution is 2.31. The van der Waals surface area contributed by atoms with Gasteiger partial charge in [0.05, 0.1) is 19.3 Å². The minimum atomic E-state index is -0.327. The molecule has 30 heavy (non-hydrogen) atoms. The van der Waals surface area contributed by atoms with Gasteiger partial charge in [-0.25, -0.2) is 9.18 Å². The van der Waals surface area contributed by atoms with Gasteiger partial charge in [-0.05, 0) is 54.3 Å². The molecule has 0 spiro atoms. The van der Waals surface area contributed by atoms with E-state index in [1.54, 1.807) is 12.1 Å². The number of fused-ring (bicyclic) bond motifs is 1. The number of hydrogen-bond acceptors (Lipinski definition) is 4. The first-order valence-corrected chi connectivity index (χ1v) is 10.6. The summed E-state index contributed by atoms with van der Waals surface area (Å²) >= 11 is 0. The largest absolute Gasteiger partial charge is 0.379 e. The van der Waals surface area contributed by atoms with Crippen LogP contribution in [0.4, 0.5) is 20.6 Å². The predicted octanol–water partition coefficient (Wildman–Crippen LogP) is 3.40. The number of aryl methyl sites for hydroxylation is 1. The maximum atomic E-state index is 13.1. The Bertz CT molecular complexity index is 868. The summed E-state index contributed by atoms with van der Waals surface area (Å²) in [7, 11) is 2.14. The fraction of sp³-hybridized carbons (Fsp3) is 0.435. The number of anilines is 2. The Hall–Kier alpha value is -2.64. The van der Waals surface area contributed by atoms with E-state index in [0.717, 1.165) is 32.5 Å². The van der Waals surface area contributed by atoms with E-state index in [-0.39, 0.29) is 17.9 Å². The van der Waals surface area contributed by atoms with Crippen molar-refractivity contribution in [2.24, 2.45) is 0 Å². The molecule has 7 heteroatoms. The number of carbonyl (C=O) groups excluding carboxylic acids is 1. The first-order chi connectivity index (χ1) is 14.6. The summed E-state index contributed by atoms with van der Waals surface area (Å²) in [5.41, 5.74) is 4.45. The van der Waals surface area contributed by atoms with Crippen LogP contribution in [0.3, 0.4) is 0 Å². The molecular weight excluding hydrogens is 383 g/mol. The van der Waals surface area contributed by atoms with Gasteiger partial charge in [0.1, 0.15) is 5.82 Å². The Labute approximate surface area is 177 Å². The third-order valence-electron chi connectivity index (χ3n) is 5.88. The number of hydrogen-bond donors (Lipinski definition) is 2. The highest BCUT2D eigenvalue weighted by Gasteiger charge is 2.25. The molecule has 0 unspecified atom stereocenters. The van der Waals surface area contributed by atoms with Crippen LogP contribution in [-0.4, -0.2) is 57.4 Å². The van der Waals surface area contributed by atoms with Gasteiger partial charge >= 0.3 is 6.03 Å². The average molecular weight is 413 g/mol. The number of ether oxygens (including phenoxy) is 1. The zero-order valence-electron chi connectivity index (χ0n) is 17.4. The summed E-state index contributed by atoms with van der Waals surface area (Å²) in [4.78, 5) is 17.1. The molecule has 1 saturated heterocycles. The molecule has 4 rings (SSSR count). The molecule has 2 N–H and O–H groups in total. The summed E-state index contributed by atoms with van der Waals surface area (Å²) in [5, 5.41) is 5.76. The molecule has 2 aromatic rings. The average Bonchev–Trinajstić information content (AvgIpc) is 2.76. The number of nitrogens with zero attached hydrogens (tertiary/aromatic N) is 2. The van der Waals surface area contributed by atoms with Gasteiger partial charge in [-0.15, -0.1) is 0 Å². The normalized spacial score (nSPS) is 17.9. The van der Waals surface area contributed by atoms with Gasteiger partial charge in [0.25, 0.3) is 0 Å². The second-order valence-electron chi connectivity index (χ2n) is 7.92. The number of urea groups is 1. The van der Waals surface area contributed by atoms with Crippen molar-refractivity contribution >= 4 is 17.4 Å². The summed E-state index contributed by atoms with van der Waals surface area (Å²) < 4.78 is 18.6. The Morgan fingerprint density at radius 3 is 2.67 bits per heavy atom. The highest BCUT2D eigenvalue weighted by molar-refractivity contribution is 5.89. The third kappa shape index (κ3) is 4.91. The first-order valence-electron chi connectivity index (χ1n) is 10.6. The highest BCUT2D eigenvalue weighted by atomic mass is 19.1. The van der Waals surface area contributed by atoms with Gasteiger partial charge in [0.2, 0.25) is 0 Å². The number of halogens is 1. The van der Waals surface area contributed by atoms with Gasteiger partial charge in [0.15, 0.2) is 0 Å². The van der Waals surface area contributed by atoms with Crippen molar-refractivity contribution in [1.82, 2.24) is 10.2 Å². The predicted molar refractivity (Wildman–Crippen MR) is 117 cm³/mol. The molecule has 1 atom stereocenters.